The van der Waals surface area contributed by atoms with Crippen LogP contribution in [0.2, 0.25) is 0 Å². The molecule has 4 heterocycles. The lowest BCUT2D eigenvalue weighted by molar-refractivity contribution is 0.139. The summed E-state index contributed by atoms with van der Waals surface area (Å²) in [7, 11) is 0. The molecule has 3 aromatic heterocycles. The Bertz CT molecular complexity index is 1310. The molecule has 8 heteroatoms. The van der Waals surface area contributed by atoms with Gasteiger partial charge in [0.05, 0.1) is 0 Å². The van der Waals surface area contributed by atoms with Gasteiger partial charge in [-0.3, -0.25) is 4.90 Å². The van der Waals surface area contributed by atoms with Crippen molar-refractivity contribution in [1.82, 2.24) is 35.1 Å². The van der Waals surface area contributed by atoms with Gasteiger partial charge >= 0.3 is 0 Å². The minimum atomic E-state index is 0.534. The first-order valence-electron chi connectivity index (χ1n) is 12.4. The topological polar surface area (TPSA) is 91.8 Å². The van der Waals surface area contributed by atoms with Crippen molar-refractivity contribution in [1.29, 1.82) is 0 Å². The summed E-state index contributed by atoms with van der Waals surface area (Å²) in [5, 5.41) is 6.82. The second-order valence-corrected chi connectivity index (χ2v) is 9.49. The van der Waals surface area contributed by atoms with Crippen molar-refractivity contribution in [2.45, 2.75) is 45.8 Å². The SMILES string of the molecule is Cc1cccc(-c2nccc(Nc3ccnc(Cc4ccc(CN5C[C@H](C)NC[C@@H]5C)cc4)n3)n2)n1. The Balaban J connectivity index is 1.23. The number of hydrogen-bond donors (Lipinski definition) is 2. The van der Waals surface area contributed by atoms with Gasteiger partial charge in [-0.1, -0.05) is 30.3 Å². The molecule has 2 atom stereocenters. The molecule has 2 N–H and O–H groups in total. The highest BCUT2D eigenvalue weighted by Crippen LogP contribution is 2.18. The van der Waals surface area contributed by atoms with Gasteiger partial charge in [-0.05, 0) is 56.2 Å². The number of anilines is 2. The number of piperazine rings is 1. The van der Waals surface area contributed by atoms with Crippen molar-refractivity contribution in [3.63, 3.8) is 0 Å². The molecule has 1 aromatic carbocycles. The van der Waals surface area contributed by atoms with Crippen molar-refractivity contribution >= 4 is 11.6 Å². The summed E-state index contributed by atoms with van der Waals surface area (Å²) in [6.45, 7) is 9.58. The molecular weight excluding hydrogens is 448 g/mol. The van der Waals surface area contributed by atoms with Gasteiger partial charge in [0.25, 0.3) is 0 Å². The average Bonchev–Trinajstić information content (AvgIpc) is 2.88. The van der Waals surface area contributed by atoms with Crippen LogP contribution in [0, 0.1) is 6.92 Å². The van der Waals surface area contributed by atoms with Gasteiger partial charge in [0.1, 0.15) is 23.2 Å². The predicted molar refractivity (Wildman–Crippen MR) is 142 cm³/mol. The first kappa shape index (κ1) is 24.0. The Labute approximate surface area is 212 Å². The number of hydrogen-bond acceptors (Lipinski definition) is 8. The molecule has 0 radical (unpaired) electrons. The summed E-state index contributed by atoms with van der Waals surface area (Å²) in [5.41, 5.74) is 4.19. The van der Waals surface area contributed by atoms with Gasteiger partial charge in [0.2, 0.25) is 0 Å². The number of nitrogens with one attached hydrogen (secondary N) is 2. The van der Waals surface area contributed by atoms with Crippen LogP contribution in [-0.2, 0) is 13.0 Å². The molecule has 0 amide bonds. The molecule has 1 aliphatic heterocycles. The van der Waals surface area contributed by atoms with E-state index in [1.807, 2.05) is 37.3 Å². The van der Waals surface area contributed by atoms with Crippen LogP contribution in [0.5, 0.6) is 0 Å². The van der Waals surface area contributed by atoms with Gasteiger partial charge < -0.3 is 10.6 Å². The van der Waals surface area contributed by atoms with E-state index >= 15 is 0 Å². The van der Waals surface area contributed by atoms with E-state index in [0.717, 1.165) is 36.8 Å². The highest BCUT2D eigenvalue weighted by atomic mass is 15.2. The quantitative estimate of drug-likeness (QED) is 0.408. The molecule has 0 bridgehead atoms. The lowest BCUT2D eigenvalue weighted by atomic mass is 10.1. The highest BCUT2D eigenvalue weighted by Gasteiger charge is 2.22. The molecule has 36 heavy (non-hydrogen) atoms. The van der Waals surface area contributed by atoms with Gasteiger partial charge in [-0.2, -0.15) is 0 Å². The van der Waals surface area contributed by atoms with Crippen molar-refractivity contribution in [3.8, 4) is 11.5 Å². The third-order valence-corrected chi connectivity index (χ3v) is 6.40. The largest absolute Gasteiger partial charge is 0.325 e. The second kappa shape index (κ2) is 10.9. The minimum absolute atomic E-state index is 0.534. The summed E-state index contributed by atoms with van der Waals surface area (Å²) < 4.78 is 0. The van der Waals surface area contributed by atoms with Crippen molar-refractivity contribution in [3.05, 3.63) is 89.6 Å². The molecule has 5 rings (SSSR count). The maximum atomic E-state index is 4.70. The molecular formula is C28H32N8. The predicted octanol–water partition coefficient (Wildman–Crippen LogP) is 4.15. The Morgan fingerprint density at radius 1 is 0.889 bits per heavy atom. The zero-order valence-corrected chi connectivity index (χ0v) is 21.0. The molecule has 8 nitrogen and oxygen atoms in total. The summed E-state index contributed by atoms with van der Waals surface area (Å²) in [4.78, 5) is 25.2. The Morgan fingerprint density at radius 2 is 1.64 bits per heavy atom. The van der Waals surface area contributed by atoms with Gasteiger partial charge in [-0.25, -0.2) is 24.9 Å². The van der Waals surface area contributed by atoms with Crippen LogP contribution in [0.15, 0.2) is 67.0 Å². The number of benzene rings is 1. The summed E-state index contributed by atoms with van der Waals surface area (Å²) in [6, 6.07) is 19.4. The Kier molecular flexibility index (Phi) is 7.25. The first-order valence-corrected chi connectivity index (χ1v) is 12.4. The maximum absolute atomic E-state index is 4.70. The van der Waals surface area contributed by atoms with Crippen LogP contribution >= 0.6 is 0 Å². The smallest absolute Gasteiger partial charge is 0.180 e. The number of aryl methyl sites for hydroxylation is 1. The molecule has 1 saturated heterocycles. The molecule has 0 saturated carbocycles. The zero-order valence-electron chi connectivity index (χ0n) is 21.0. The number of aromatic nitrogens is 5. The third-order valence-electron chi connectivity index (χ3n) is 6.40. The molecule has 0 unspecified atom stereocenters. The van der Waals surface area contributed by atoms with Crippen LogP contribution in [0.3, 0.4) is 0 Å². The number of nitrogens with zero attached hydrogens (tertiary/aromatic N) is 6. The first-order chi connectivity index (χ1) is 17.5. The van der Waals surface area contributed by atoms with Crippen molar-refractivity contribution in [2.24, 2.45) is 0 Å². The van der Waals surface area contributed by atoms with Crippen LogP contribution < -0.4 is 10.6 Å². The molecule has 1 fully saturated rings. The monoisotopic (exact) mass is 480 g/mol. The lowest BCUT2D eigenvalue weighted by Gasteiger charge is -2.37. The fourth-order valence-corrected chi connectivity index (χ4v) is 4.40. The van der Waals surface area contributed by atoms with Crippen LogP contribution in [0.25, 0.3) is 11.5 Å². The Hall–Kier alpha value is -3.75. The van der Waals surface area contributed by atoms with Crippen LogP contribution in [0.4, 0.5) is 11.6 Å². The lowest BCUT2D eigenvalue weighted by Crippen LogP contribution is -2.53. The standard InChI is InChI=1S/C28H32N8/c1-19-5-4-6-24(32-19)28-30-14-12-26(35-28)33-25-11-13-29-27(34-25)15-22-7-9-23(10-8-22)18-36-17-20(2)31-16-21(36)3/h4-14,20-21,31H,15-18H2,1-3H3,(H,29,30,33,34,35)/t20-,21-/m0/s1. The van der Waals surface area contributed by atoms with E-state index in [-0.39, 0.29) is 0 Å². The van der Waals surface area contributed by atoms with E-state index < -0.39 is 0 Å². The van der Waals surface area contributed by atoms with Crippen molar-refractivity contribution < 1.29 is 0 Å². The van der Waals surface area contributed by atoms with Gasteiger partial charge in [-0.15, -0.1) is 0 Å². The van der Waals surface area contributed by atoms with E-state index in [9.17, 15) is 0 Å². The normalized spacial score (nSPS) is 18.2. The van der Waals surface area contributed by atoms with Gasteiger partial charge in [0.15, 0.2) is 5.82 Å². The van der Waals surface area contributed by atoms with E-state index in [1.165, 1.54) is 11.1 Å². The molecule has 1 aliphatic rings. The molecule has 0 spiro atoms. The van der Waals surface area contributed by atoms with Crippen molar-refractivity contribution in [2.75, 3.05) is 18.4 Å². The summed E-state index contributed by atoms with van der Waals surface area (Å²) >= 11 is 0. The summed E-state index contributed by atoms with van der Waals surface area (Å²) in [6.07, 6.45) is 4.16. The maximum Gasteiger partial charge on any atom is 0.180 e. The molecule has 0 aliphatic carbocycles. The minimum Gasteiger partial charge on any atom is -0.325 e. The fraction of sp³-hybridized carbons (Fsp3) is 0.321. The highest BCUT2D eigenvalue weighted by molar-refractivity contribution is 5.56. The number of rotatable bonds is 7. The third kappa shape index (κ3) is 6.08. The van der Waals surface area contributed by atoms with E-state index in [2.05, 4.69) is 73.6 Å². The van der Waals surface area contributed by atoms with E-state index in [0.29, 0.717) is 36.0 Å². The zero-order chi connectivity index (χ0) is 24.9. The van der Waals surface area contributed by atoms with E-state index in [4.69, 9.17) is 4.98 Å². The Morgan fingerprint density at radius 3 is 2.44 bits per heavy atom. The van der Waals surface area contributed by atoms with Gasteiger partial charge in [0, 0.05) is 56.2 Å². The van der Waals surface area contributed by atoms with Crippen LogP contribution in [0.1, 0.15) is 36.5 Å². The van der Waals surface area contributed by atoms with Crippen LogP contribution in [-0.4, -0.2) is 55.0 Å². The number of pyridine rings is 1. The second-order valence-electron chi connectivity index (χ2n) is 9.49. The molecule has 4 aromatic rings. The summed E-state index contributed by atoms with van der Waals surface area (Å²) in [5.74, 6) is 2.68. The fourth-order valence-electron chi connectivity index (χ4n) is 4.40. The average molecular weight is 481 g/mol. The molecule has 184 valence electrons. The van der Waals surface area contributed by atoms with E-state index in [1.54, 1.807) is 12.4 Å².